The van der Waals surface area contributed by atoms with Crippen LogP contribution in [0.15, 0.2) is 24.3 Å². The van der Waals surface area contributed by atoms with Gasteiger partial charge in [-0.1, -0.05) is 70.7 Å². The van der Waals surface area contributed by atoms with Crippen LogP contribution in [0.5, 0.6) is 0 Å². The highest BCUT2D eigenvalue weighted by Gasteiger charge is 2.12. The van der Waals surface area contributed by atoms with E-state index >= 15 is 0 Å². The Bertz CT molecular complexity index is 364. The minimum atomic E-state index is 0.139. The third-order valence-corrected chi connectivity index (χ3v) is 3.87. The van der Waals surface area contributed by atoms with Crippen LogP contribution in [0.1, 0.15) is 75.2 Å². The predicted octanol–water partition coefficient (Wildman–Crippen LogP) is 5.43. The molecule has 1 rings (SSSR count). The molecule has 0 amide bonds. The number of ketones is 1. The smallest absolute Gasteiger partial charge is 0.165 e. The zero-order valence-electron chi connectivity index (χ0n) is 12.7. The first-order valence-electron chi connectivity index (χ1n) is 7.82. The van der Waals surface area contributed by atoms with Gasteiger partial charge in [-0.3, -0.25) is 4.79 Å². The highest BCUT2D eigenvalue weighted by atomic mass is 16.1. The second-order valence-electron chi connectivity index (χ2n) is 5.53. The lowest BCUT2D eigenvalue weighted by Crippen LogP contribution is -2.09. The molecule has 0 radical (unpaired) electrons. The zero-order valence-corrected chi connectivity index (χ0v) is 12.7. The topological polar surface area (TPSA) is 17.1 Å². The molecule has 1 nitrogen and oxygen atoms in total. The third-order valence-electron chi connectivity index (χ3n) is 3.87. The molecule has 1 aromatic carbocycles. The Kier molecular flexibility index (Phi) is 7.47. The molecule has 0 aliphatic carbocycles. The van der Waals surface area contributed by atoms with Crippen molar-refractivity contribution in [2.45, 2.75) is 65.7 Å². The maximum Gasteiger partial charge on any atom is 0.165 e. The number of hydrogen-bond acceptors (Lipinski definition) is 1. The van der Waals surface area contributed by atoms with Crippen molar-refractivity contribution in [1.29, 1.82) is 0 Å². The molecule has 0 bridgehead atoms. The van der Waals surface area contributed by atoms with E-state index in [1.165, 1.54) is 37.7 Å². The van der Waals surface area contributed by atoms with E-state index < -0.39 is 0 Å². The molecule has 0 aromatic heterocycles. The van der Waals surface area contributed by atoms with Crippen molar-refractivity contribution in [3.05, 3.63) is 35.4 Å². The zero-order chi connectivity index (χ0) is 14.1. The van der Waals surface area contributed by atoms with Crippen molar-refractivity contribution < 1.29 is 4.79 Å². The molecule has 1 atom stereocenters. The van der Waals surface area contributed by atoms with Crippen LogP contribution in [0.3, 0.4) is 0 Å². The summed E-state index contributed by atoms with van der Waals surface area (Å²) in [6, 6.07) is 8.23. The van der Waals surface area contributed by atoms with Gasteiger partial charge in [-0.25, -0.2) is 0 Å². The Labute approximate surface area is 118 Å². The number of rotatable bonds is 9. The molecular weight excluding hydrogens is 232 g/mol. The van der Waals surface area contributed by atoms with E-state index in [1.54, 1.807) is 0 Å². The molecule has 1 unspecified atom stereocenters. The monoisotopic (exact) mass is 260 g/mol. The number of carbonyl (C=O) groups is 1. The number of benzene rings is 1. The van der Waals surface area contributed by atoms with E-state index in [9.17, 15) is 4.79 Å². The lowest BCUT2D eigenvalue weighted by atomic mass is 9.95. The van der Waals surface area contributed by atoms with E-state index in [0.29, 0.717) is 0 Å². The first kappa shape index (κ1) is 15.9. The van der Waals surface area contributed by atoms with E-state index in [-0.39, 0.29) is 11.7 Å². The van der Waals surface area contributed by atoms with Crippen LogP contribution in [0.4, 0.5) is 0 Å². The molecule has 0 aliphatic heterocycles. The Hall–Kier alpha value is -1.11. The summed E-state index contributed by atoms with van der Waals surface area (Å²) in [5.74, 6) is 0.414. The number of Topliss-reactive ketones (excluding diaryl/α,β-unsaturated/α-hetero) is 1. The van der Waals surface area contributed by atoms with Gasteiger partial charge in [0, 0.05) is 11.5 Å². The molecule has 0 saturated carbocycles. The van der Waals surface area contributed by atoms with Crippen LogP contribution in [-0.4, -0.2) is 5.78 Å². The fraction of sp³-hybridized carbons (Fsp3) is 0.611. The molecular formula is C18H28O. The number of aryl methyl sites for hydroxylation is 1. The van der Waals surface area contributed by atoms with Crippen LogP contribution in [0.2, 0.25) is 0 Å². The van der Waals surface area contributed by atoms with E-state index in [2.05, 4.69) is 26.0 Å². The summed E-state index contributed by atoms with van der Waals surface area (Å²) in [7, 11) is 0. The summed E-state index contributed by atoms with van der Waals surface area (Å²) < 4.78 is 0. The SMILES string of the molecule is CCCCCCCc1ccc(C(=O)C(C)CC)cc1. The van der Waals surface area contributed by atoms with Crippen molar-refractivity contribution in [3.8, 4) is 0 Å². The van der Waals surface area contributed by atoms with E-state index in [1.807, 2.05) is 19.1 Å². The lowest BCUT2D eigenvalue weighted by molar-refractivity contribution is 0.0927. The van der Waals surface area contributed by atoms with E-state index in [4.69, 9.17) is 0 Å². The molecule has 1 aromatic rings. The summed E-state index contributed by atoms with van der Waals surface area (Å²) >= 11 is 0. The standard InChI is InChI=1S/C18H28O/c1-4-6-7-8-9-10-16-11-13-17(14-12-16)18(19)15(3)5-2/h11-15H,4-10H2,1-3H3. The molecule has 0 spiro atoms. The maximum atomic E-state index is 12.0. The van der Waals surface area contributed by atoms with Gasteiger partial charge in [-0.05, 0) is 24.8 Å². The molecule has 0 fully saturated rings. The molecule has 106 valence electrons. The van der Waals surface area contributed by atoms with Gasteiger partial charge in [0.1, 0.15) is 0 Å². The molecule has 0 N–H and O–H groups in total. The van der Waals surface area contributed by atoms with Gasteiger partial charge in [-0.15, -0.1) is 0 Å². The van der Waals surface area contributed by atoms with Crippen molar-refractivity contribution >= 4 is 5.78 Å². The summed E-state index contributed by atoms with van der Waals surface area (Å²) in [6.45, 7) is 6.31. The van der Waals surface area contributed by atoms with Crippen molar-refractivity contribution in [1.82, 2.24) is 0 Å². The van der Waals surface area contributed by atoms with Gasteiger partial charge in [0.2, 0.25) is 0 Å². The minimum Gasteiger partial charge on any atom is -0.294 e. The fourth-order valence-corrected chi connectivity index (χ4v) is 2.24. The largest absolute Gasteiger partial charge is 0.294 e. The van der Waals surface area contributed by atoms with Gasteiger partial charge < -0.3 is 0 Å². The fourth-order valence-electron chi connectivity index (χ4n) is 2.24. The van der Waals surface area contributed by atoms with Crippen molar-refractivity contribution in [2.75, 3.05) is 0 Å². The van der Waals surface area contributed by atoms with Crippen molar-refractivity contribution in [2.24, 2.45) is 5.92 Å². The number of carbonyl (C=O) groups excluding carboxylic acids is 1. The average molecular weight is 260 g/mol. The van der Waals surface area contributed by atoms with Crippen LogP contribution in [0, 0.1) is 5.92 Å². The van der Waals surface area contributed by atoms with Crippen LogP contribution >= 0.6 is 0 Å². The Morgan fingerprint density at radius 3 is 2.21 bits per heavy atom. The maximum absolute atomic E-state index is 12.0. The predicted molar refractivity (Wildman–Crippen MR) is 82.7 cm³/mol. The molecule has 0 aliphatic rings. The number of hydrogen-bond donors (Lipinski definition) is 0. The van der Waals surface area contributed by atoms with Gasteiger partial charge in [0.05, 0.1) is 0 Å². The van der Waals surface area contributed by atoms with Gasteiger partial charge >= 0.3 is 0 Å². The van der Waals surface area contributed by atoms with Gasteiger partial charge in [0.15, 0.2) is 5.78 Å². The average Bonchev–Trinajstić information content (AvgIpc) is 2.46. The third kappa shape index (κ3) is 5.59. The summed E-state index contributed by atoms with van der Waals surface area (Å²) in [4.78, 5) is 12.0. The molecule has 19 heavy (non-hydrogen) atoms. The second kappa shape index (κ2) is 8.90. The Morgan fingerprint density at radius 2 is 1.63 bits per heavy atom. The molecule has 0 heterocycles. The normalized spacial score (nSPS) is 12.4. The highest BCUT2D eigenvalue weighted by molar-refractivity contribution is 5.97. The lowest BCUT2D eigenvalue weighted by Gasteiger charge is -2.08. The first-order chi connectivity index (χ1) is 9.19. The second-order valence-corrected chi connectivity index (χ2v) is 5.53. The van der Waals surface area contributed by atoms with Crippen LogP contribution in [-0.2, 0) is 6.42 Å². The molecule has 1 heteroatoms. The van der Waals surface area contributed by atoms with Crippen LogP contribution < -0.4 is 0 Å². The summed E-state index contributed by atoms with van der Waals surface area (Å²) in [5, 5.41) is 0. The summed E-state index contributed by atoms with van der Waals surface area (Å²) in [6.07, 6.45) is 8.63. The van der Waals surface area contributed by atoms with Gasteiger partial charge in [0.25, 0.3) is 0 Å². The quantitative estimate of drug-likeness (QED) is 0.427. The first-order valence-corrected chi connectivity index (χ1v) is 7.82. The van der Waals surface area contributed by atoms with Gasteiger partial charge in [-0.2, -0.15) is 0 Å². The number of unbranched alkanes of at least 4 members (excludes halogenated alkanes) is 4. The molecule has 0 saturated heterocycles. The Morgan fingerprint density at radius 1 is 1.00 bits per heavy atom. The van der Waals surface area contributed by atoms with Crippen molar-refractivity contribution in [3.63, 3.8) is 0 Å². The Balaban J connectivity index is 2.41. The minimum absolute atomic E-state index is 0.139. The summed E-state index contributed by atoms with van der Waals surface area (Å²) in [5.41, 5.74) is 2.22. The van der Waals surface area contributed by atoms with Crippen LogP contribution in [0.25, 0.3) is 0 Å². The highest BCUT2D eigenvalue weighted by Crippen LogP contribution is 2.14. The van der Waals surface area contributed by atoms with E-state index in [0.717, 1.165) is 18.4 Å².